The lowest BCUT2D eigenvalue weighted by Gasteiger charge is -2.17. The van der Waals surface area contributed by atoms with Gasteiger partial charge in [-0.15, -0.1) is 0 Å². The van der Waals surface area contributed by atoms with Crippen LogP contribution in [0.1, 0.15) is 35.3 Å². The van der Waals surface area contributed by atoms with E-state index in [2.05, 4.69) is 15.3 Å². The van der Waals surface area contributed by atoms with E-state index in [1.165, 1.54) is 0 Å². The number of alkyl halides is 3. The molecule has 7 nitrogen and oxygen atoms in total. The summed E-state index contributed by atoms with van der Waals surface area (Å²) < 4.78 is 43.6. The lowest BCUT2D eigenvalue weighted by Crippen LogP contribution is -2.39. The number of hydrogen-bond donors (Lipinski definition) is 1. The molecule has 34 heavy (non-hydrogen) atoms. The van der Waals surface area contributed by atoms with Crippen molar-refractivity contribution in [2.75, 3.05) is 13.1 Å². The van der Waals surface area contributed by atoms with Crippen molar-refractivity contribution in [1.82, 2.24) is 20.2 Å². The first-order chi connectivity index (χ1) is 16.3. The first-order valence-electron chi connectivity index (χ1n) is 11.0. The van der Waals surface area contributed by atoms with Crippen LogP contribution in [0.5, 0.6) is 11.6 Å². The molecule has 10 heteroatoms. The van der Waals surface area contributed by atoms with Crippen LogP contribution in [0.25, 0.3) is 10.9 Å². The number of pyridine rings is 2. The number of carbonyl (C=O) groups excluding carboxylic acids is 2. The molecule has 3 heterocycles. The molecule has 1 atom stereocenters. The van der Waals surface area contributed by atoms with Crippen LogP contribution < -0.4 is 10.1 Å². The van der Waals surface area contributed by atoms with E-state index in [0.717, 1.165) is 37.6 Å². The van der Waals surface area contributed by atoms with E-state index < -0.39 is 11.7 Å². The molecule has 5 rings (SSSR count). The number of fused-ring (bicyclic) bond motifs is 1. The Morgan fingerprint density at radius 1 is 1.06 bits per heavy atom. The Morgan fingerprint density at radius 2 is 1.88 bits per heavy atom. The number of carbonyl (C=O) groups is 2. The van der Waals surface area contributed by atoms with E-state index in [-0.39, 0.29) is 29.7 Å². The number of hydrogen-bond acceptors (Lipinski definition) is 5. The third kappa shape index (κ3) is 4.80. The molecule has 2 aromatic heterocycles. The number of nitrogens with zero attached hydrogens (tertiary/aromatic N) is 3. The van der Waals surface area contributed by atoms with Crippen LogP contribution >= 0.6 is 0 Å². The first-order valence-corrected chi connectivity index (χ1v) is 11.0. The van der Waals surface area contributed by atoms with Crippen LogP contribution in [0.15, 0.2) is 48.7 Å². The molecule has 0 spiro atoms. The Balaban J connectivity index is 1.25. The molecular formula is C24H21F3N4O3. The topological polar surface area (TPSA) is 84.4 Å². The van der Waals surface area contributed by atoms with Crippen molar-refractivity contribution in [3.63, 3.8) is 0 Å². The van der Waals surface area contributed by atoms with Gasteiger partial charge in [-0.2, -0.15) is 13.2 Å². The molecule has 1 aliphatic carbocycles. The van der Waals surface area contributed by atoms with E-state index in [0.29, 0.717) is 35.4 Å². The molecule has 1 saturated carbocycles. The highest BCUT2D eigenvalue weighted by Crippen LogP contribution is 2.31. The fourth-order valence-electron chi connectivity index (χ4n) is 3.90. The van der Waals surface area contributed by atoms with Crippen molar-refractivity contribution in [3.8, 4) is 11.6 Å². The van der Waals surface area contributed by atoms with Crippen LogP contribution in [-0.2, 0) is 11.0 Å². The lowest BCUT2D eigenvalue weighted by atomic mass is 10.2. The summed E-state index contributed by atoms with van der Waals surface area (Å²) in [7, 11) is 0. The molecule has 2 aliphatic rings. The Hall–Kier alpha value is -3.69. The summed E-state index contributed by atoms with van der Waals surface area (Å²) in [5, 5.41) is 3.72. The molecule has 176 valence electrons. The number of rotatable bonds is 5. The van der Waals surface area contributed by atoms with Gasteiger partial charge in [-0.05, 0) is 49.6 Å². The molecule has 1 aromatic carbocycles. The zero-order chi connectivity index (χ0) is 23.9. The quantitative estimate of drug-likeness (QED) is 0.605. The average Bonchev–Trinajstić information content (AvgIpc) is 3.57. The molecule has 0 bridgehead atoms. The number of aromatic nitrogens is 2. The molecular weight excluding hydrogens is 449 g/mol. The second kappa shape index (κ2) is 8.58. The maximum Gasteiger partial charge on any atom is 0.417 e. The summed E-state index contributed by atoms with van der Waals surface area (Å²) in [6, 6.07) is 10.4. The van der Waals surface area contributed by atoms with Gasteiger partial charge in [0.05, 0.1) is 11.1 Å². The summed E-state index contributed by atoms with van der Waals surface area (Å²) in [5.41, 5.74) is 0.0329. The standard InChI is InChI=1S/C24H21F3N4O3/c25-24(26,27)16-4-8-21(28-12-16)34-18-5-7-19-15(11-18)3-6-20(30-19)23(33)31-10-9-17(13-31)29-22(32)14-1-2-14/h3-8,11-12,14,17H,1-2,9-10,13H2,(H,29,32)/t17-/m1/s1. The molecule has 0 radical (unpaired) electrons. The second-order valence-electron chi connectivity index (χ2n) is 8.56. The van der Waals surface area contributed by atoms with E-state index in [1.807, 2.05) is 0 Å². The summed E-state index contributed by atoms with van der Waals surface area (Å²) in [6.45, 7) is 1.02. The van der Waals surface area contributed by atoms with Gasteiger partial charge in [0.2, 0.25) is 11.8 Å². The van der Waals surface area contributed by atoms with E-state index in [4.69, 9.17) is 4.74 Å². The van der Waals surface area contributed by atoms with Gasteiger partial charge in [0, 0.05) is 42.7 Å². The summed E-state index contributed by atoms with van der Waals surface area (Å²) in [5.74, 6) is 0.432. The SMILES string of the molecule is O=C(N[C@@H]1CCN(C(=O)c2ccc3cc(Oc4ccc(C(F)(F)F)cn4)ccc3n2)C1)C1CC1. The Morgan fingerprint density at radius 3 is 2.59 bits per heavy atom. The number of ether oxygens (including phenoxy) is 1. The highest BCUT2D eigenvalue weighted by molar-refractivity contribution is 5.95. The number of nitrogens with one attached hydrogen (secondary N) is 1. The third-order valence-corrected chi connectivity index (χ3v) is 5.94. The molecule has 2 fully saturated rings. The number of halogens is 3. The van der Waals surface area contributed by atoms with Gasteiger partial charge in [0.1, 0.15) is 11.4 Å². The van der Waals surface area contributed by atoms with Crippen molar-refractivity contribution in [2.45, 2.75) is 31.5 Å². The van der Waals surface area contributed by atoms with E-state index in [9.17, 15) is 22.8 Å². The lowest BCUT2D eigenvalue weighted by molar-refractivity contribution is -0.137. The van der Waals surface area contributed by atoms with Crippen LogP contribution in [0, 0.1) is 5.92 Å². The Kier molecular flexibility index (Phi) is 5.59. The zero-order valence-electron chi connectivity index (χ0n) is 18.0. The summed E-state index contributed by atoms with van der Waals surface area (Å²) in [6.07, 6.45) is -1.14. The largest absolute Gasteiger partial charge is 0.439 e. The minimum atomic E-state index is -4.46. The average molecular weight is 470 g/mol. The van der Waals surface area contributed by atoms with Crippen molar-refractivity contribution in [1.29, 1.82) is 0 Å². The fourth-order valence-corrected chi connectivity index (χ4v) is 3.90. The van der Waals surface area contributed by atoms with E-state index >= 15 is 0 Å². The number of likely N-dealkylation sites (tertiary alicyclic amines) is 1. The van der Waals surface area contributed by atoms with Gasteiger partial charge < -0.3 is 15.0 Å². The van der Waals surface area contributed by atoms with Crippen LogP contribution in [0.3, 0.4) is 0 Å². The maximum atomic E-state index is 12.9. The molecule has 3 aromatic rings. The minimum Gasteiger partial charge on any atom is -0.439 e. The maximum absolute atomic E-state index is 12.9. The molecule has 2 amide bonds. The predicted molar refractivity (Wildman–Crippen MR) is 116 cm³/mol. The van der Waals surface area contributed by atoms with Crippen molar-refractivity contribution >= 4 is 22.7 Å². The minimum absolute atomic E-state index is 0.0315. The summed E-state index contributed by atoms with van der Waals surface area (Å²) >= 11 is 0. The monoisotopic (exact) mass is 470 g/mol. The summed E-state index contributed by atoms with van der Waals surface area (Å²) in [4.78, 5) is 34.7. The molecule has 1 aliphatic heterocycles. The van der Waals surface area contributed by atoms with Crippen LogP contribution in [0.2, 0.25) is 0 Å². The second-order valence-corrected chi connectivity index (χ2v) is 8.56. The number of amides is 2. The van der Waals surface area contributed by atoms with Gasteiger partial charge in [-0.1, -0.05) is 6.07 Å². The normalized spacial score (nSPS) is 18.2. The Labute approximate surface area is 192 Å². The van der Waals surface area contributed by atoms with Gasteiger partial charge >= 0.3 is 6.18 Å². The zero-order valence-corrected chi connectivity index (χ0v) is 18.0. The van der Waals surface area contributed by atoms with Crippen molar-refractivity contribution in [2.24, 2.45) is 5.92 Å². The molecule has 1 N–H and O–H groups in total. The Bertz CT molecular complexity index is 1240. The first kappa shape index (κ1) is 22.1. The van der Waals surface area contributed by atoms with Crippen LogP contribution in [0.4, 0.5) is 13.2 Å². The highest BCUT2D eigenvalue weighted by atomic mass is 19.4. The van der Waals surface area contributed by atoms with Crippen LogP contribution in [-0.4, -0.2) is 45.8 Å². The van der Waals surface area contributed by atoms with Gasteiger partial charge in [0.15, 0.2) is 0 Å². The molecule has 0 unspecified atom stereocenters. The van der Waals surface area contributed by atoms with Crippen molar-refractivity contribution < 1.29 is 27.5 Å². The highest BCUT2D eigenvalue weighted by Gasteiger charge is 2.34. The van der Waals surface area contributed by atoms with E-state index in [1.54, 1.807) is 35.2 Å². The van der Waals surface area contributed by atoms with Gasteiger partial charge in [-0.25, -0.2) is 9.97 Å². The van der Waals surface area contributed by atoms with Gasteiger partial charge in [0.25, 0.3) is 5.91 Å². The van der Waals surface area contributed by atoms with Crippen molar-refractivity contribution in [3.05, 3.63) is 59.9 Å². The predicted octanol–water partition coefficient (Wildman–Crippen LogP) is 4.18. The number of benzene rings is 1. The smallest absolute Gasteiger partial charge is 0.417 e. The van der Waals surface area contributed by atoms with Gasteiger partial charge in [-0.3, -0.25) is 9.59 Å². The fraction of sp³-hybridized carbons (Fsp3) is 0.333. The molecule has 1 saturated heterocycles. The third-order valence-electron chi connectivity index (χ3n) is 5.94.